The Morgan fingerprint density at radius 2 is 2.15 bits per heavy atom. The number of aromatic nitrogens is 3. The number of hydrogen-bond donors (Lipinski definition) is 1. The molecular formula is C12H16N5NaO7S. The molecule has 0 saturated carbocycles. The minimum Gasteiger partial charge on any atom is -0.724 e. The molecule has 0 aromatic carbocycles. The number of piperidine rings is 1. The summed E-state index contributed by atoms with van der Waals surface area (Å²) < 4.78 is 38.0. The zero-order valence-electron chi connectivity index (χ0n) is 14.0. The van der Waals surface area contributed by atoms with Crippen molar-refractivity contribution in [1.29, 1.82) is 0 Å². The number of carboxylic acid groups (broad SMARTS) is 1. The fourth-order valence-electron chi connectivity index (χ4n) is 3.09. The normalized spacial score (nSPS) is 22.4. The average molecular weight is 397 g/mol. The van der Waals surface area contributed by atoms with E-state index in [4.69, 9.17) is 5.11 Å². The molecule has 0 radical (unpaired) electrons. The SMILES string of the molecule is O=C(O)CCc1cn(C[C@@H]2CC[C@@H]3CN2C(=O)N3OS(=O)(=O)[O-])nn1.[Na+]. The Labute approximate surface area is 171 Å². The van der Waals surface area contributed by atoms with Crippen LogP contribution in [0, 0.1) is 0 Å². The van der Waals surface area contributed by atoms with Crippen LogP contribution in [0.4, 0.5) is 4.79 Å². The number of urea groups is 1. The third-order valence-corrected chi connectivity index (χ3v) is 4.54. The molecule has 26 heavy (non-hydrogen) atoms. The van der Waals surface area contributed by atoms with Crippen LogP contribution >= 0.6 is 0 Å². The standard InChI is InChI=1S/C12H17N5O7S.Na/c18-11(19)4-1-8-5-15(14-13-8)6-9-2-3-10-7-16(9)12(20)17(10)24-25(21,22)23;/h5,9-10H,1-4,6-7H2,(H,18,19)(H,21,22,23);/q;+1/p-1/t9-,10+;/m0./s1. The number of hydroxylamine groups is 2. The third-order valence-electron chi connectivity index (χ3n) is 4.20. The van der Waals surface area contributed by atoms with Crippen LogP contribution in [0.1, 0.15) is 25.0 Å². The molecule has 2 atom stereocenters. The molecule has 3 heterocycles. The summed E-state index contributed by atoms with van der Waals surface area (Å²) in [6.07, 6.45) is 2.90. The predicted molar refractivity (Wildman–Crippen MR) is 77.5 cm³/mol. The van der Waals surface area contributed by atoms with E-state index in [9.17, 15) is 22.6 Å². The van der Waals surface area contributed by atoms with Gasteiger partial charge in [0.1, 0.15) is 0 Å². The number of aryl methyl sites for hydroxylation is 1. The minimum absolute atomic E-state index is 0. The maximum Gasteiger partial charge on any atom is 1.00 e. The second-order valence-corrected chi connectivity index (χ2v) is 6.92. The number of aliphatic carboxylic acids is 1. The van der Waals surface area contributed by atoms with Crippen LogP contribution in [-0.4, -0.2) is 73.7 Å². The molecule has 0 unspecified atom stereocenters. The van der Waals surface area contributed by atoms with Crippen LogP contribution in [0.25, 0.3) is 0 Å². The van der Waals surface area contributed by atoms with Crippen molar-refractivity contribution >= 4 is 22.4 Å². The molecule has 2 saturated heterocycles. The van der Waals surface area contributed by atoms with Gasteiger partial charge < -0.3 is 14.6 Å². The number of carboxylic acids is 1. The number of carbonyl (C=O) groups excluding carboxylic acids is 1. The smallest absolute Gasteiger partial charge is 0.724 e. The summed E-state index contributed by atoms with van der Waals surface area (Å²) in [5, 5.41) is 17.1. The monoisotopic (exact) mass is 397 g/mol. The summed E-state index contributed by atoms with van der Waals surface area (Å²) in [6.45, 7) is 0.593. The molecule has 2 fully saturated rings. The van der Waals surface area contributed by atoms with Crippen molar-refractivity contribution in [2.75, 3.05) is 6.54 Å². The molecular weight excluding hydrogens is 381 g/mol. The first-order chi connectivity index (χ1) is 11.7. The van der Waals surface area contributed by atoms with Crippen molar-refractivity contribution in [2.45, 2.75) is 44.3 Å². The van der Waals surface area contributed by atoms with Gasteiger partial charge in [-0.1, -0.05) is 5.21 Å². The molecule has 3 rings (SSSR count). The molecule has 12 nitrogen and oxygen atoms in total. The molecule has 138 valence electrons. The van der Waals surface area contributed by atoms with Crippen LogP contribution in [-0.2, 0) is 32.4 Å². The maximum absolute atomic E-state index is 12.3. The summed E-state index contributed by atoms with van der Waals surface area (Å²) in [6, 6.07) is -1.40. The molecule has 14 heteroatoms. The van der Waals surface area contributed by atoms with E-state index < -0.39 is 28.4 Å². The van der Waals surface area contributed by atoms with Crippen LogP contribution in [0.5, 0.6) is 0 Å². The topological polar surface area (TPSA) is 158 Å². The van der Waals surface area contributed by atoms with E-state index in [1.165, 1.54) is 9.58 Å². The van der Waals surface area contributed by atoms with Gasteiger partial charge >= 0.3 is 41.6 Å². The molecule has 1 aromatic heterocycles. The number of nitrogens with zero attached hydrogens (tertiary/aromatic N) is 5. The van der Waals surface area contributed by atoms with Crippen molar-refractivity contribution in [2.24, 2.45) is 0 Å². The van der Waals surface area contributed by atoms with Crippen molar-refractivity contribution < 1.29 is 61.5 Å². The van der Waals surface area contributed by atoms with Gasteiger partial charge in [0, 0.05) is 19.2 Å². The molecule has 1 aromatic rings. The number of rotatable bonds is 7. The van der Waals surface area contributed by atoms with Crippen molar-refractivity contribution in [1.82, 2.24) is 25.0 Å². The van der Waals surface area contributed by atoms with Gasteiger partial charge in [-0.25, -0.2) is 13.2 Å². The van der Waals surface area contributed by atoms with Gasteiger partial charge in [0.2, 0.25) is 10.4 Å². The number of amides is 2. The average Bonchev–Trinajstić information content (AvgIpc) is 3.05. The number of hydrogen-bond acceptors (Lipinski definition) is 8. The minimum atomic E-state index is -5.01. The first-order valence-corrected chi connectivity index (χ1v) is 8.92. The van der Waals surface area contributed by atoms with Crippen molar-refractivity contribution in [3.05, 3.63) is 11.9 Å². The Morgan fingerprint density at radius 3 is 2.81 bits per heavy atom. The predicted octanol–water partition coefficient (Wildman–Crippen LogP) is -4.04. The fraction of sp³-hybridized carbons (Fsp3) is 0.667. The second kappa shape index (κ2) is 8.19. The van der Waals surface area contributed by atoms with Gasteiger partial charge in [-0.2, -0.15) is 9.35 Å². The Balaban J connectivity index is 0.00000243. The van der Waals surface area contributed by atoms with Gasteiger partial charge in [0.05, 0.1) is 30.7 Å². The summed E-state index contributed by atoms with van der Waals surface area (Å²) in [7, 11) is -5.01. The van der Waals surface area contributed by atoms with Crippen LogP contribution in [0.3, 0.4) is 0 Å². The second-order valence-electron chi connectivity index (χ2n) is 5.95. The van der Waals surface area contributed by atoms with Gasteiger partial charge in [-0.05, 0) is 12.8 Å². The van der Waals surface area contributed by atoms with E-state index in [2.05, 4.69) is 14.6 Å². The van der Waals surface area contributed by atoms with Crippen molar-refractivity contribution in [3.63, 3.8) is 0 Å². The maximum atomic E-state index is 12.3. The molecule has 2 aliphatic rings. The van der Waals surface area contributed by atoms with Crippen LogP contribution in [0.2, 0.25) is 0 Å². The molecule has 0 spiro atoms. The van der Waals surface area contributed by atoms with E-state index in [0.29, 0.717) is 30.1 Å². The quantitative estimate of drug-likeness (QED) is 0.275. The van der Waals surface area contributed by atoms with Gasteiger partial charge in [0.15, 0.2) is 0 Å². The zero-order valence-corrected chi connectivity index (χ0v) is 16.8. The first kappa shape index (κ1) is 21.1. The molecule has 2 aliphatic heterocycles. The van der Waals surface area contributed by atoms with Crippen LogP contribution in [0.15, 0.2) is 6.20 Å². The molecule has 0 aliphatic carbocycles. The van der Waals surface area contributed by atoms with Gasteiger partial charge in [0.25, 0.3) is 0 Å². The number of fused-ring (bicyclic) bond motifs is 2. The first-order valence-electron chi connectivity index (χ1n) is 7.59. The van der Waals surface area contributed by atoms with Gasteiger partial charge in [-0.3, -0.25) is 9.48 Å². The van der Waals surface area contributed by atoms with Gasteiger partial charge in [-0.15, -0.1) is 5.10 Å². The van der Waals surface area contributed by atoms with E-state index >= 15 is 0 Å². The number of carbonyl (C=O) groups is 2. The fourth-order valence-corrected chi connectivity index (χ4v) is 3.47. The Morgan fingerprint density at radius 1 is 1.42 bits per heavy atom. The van der Waals surface area contributed by atoms with E-state index in [-0.39, 0.29) is 55.0 Å². The summed E-state index contributed by atoms with van der Waals surface area (Å²) in [5.74, 6) is -0.927. The summed E-state index contributed by atoms with van der Waals surface area (Å²) >= 11 is 0. The van der Waals surface area contributed by atoms with E-state index in [1.54, 1.807) is 6.20 Å². The Bertz CT molecular complexity index is 785. The largest absolute Gasteiger partial charge is 1.00 e. The third kappa shape index (κ3) is 4.92. The molecule has 1 N–H and O–H groups in total. The van der Waals surface area contributed by atoms with E-state index in [0.717, 1.165) is 0 Å². The summed E-state index contributed by atoms with van der Waals surface area (Å²) in [5.41, 5.74) is 0.534. The zero-order chi connectivity index (χ0) is 18.2. The molecule has 2 amide bonds. The summed E-state index contributed by atoms with van der Waals surface area (Å²) in [4.78, 5) is 24.3. The van der Waals surface area contributed by atoms with E-state index in [1.807, 2.05) is 0 Å². The van der Waals surface area contributed by atoms with Crippen LogP contribution < -0.4 is 29.6 Å². The Hall–Kier alpha value is -1.25. The Kier molecular flexibility index (Phi) is 6.63. The molecule has 2 bridgehead atoms. The van der Waals surface area contributed by atoms with Crippen molar-refractivity contribution in [3.8, 4) is 0 Å².